The van der Waals surface area contributed by atoms with Gasteiger partial charge in [-0.25, -0.2) is 4.98 Å². The summed E-state index contributed by atoms with van der Waals surface area (Å²) in [4.78, 5) is 19.5. The number of anilines is 1. The summed E-state index contributed by atoms with van der Waals surface area (Å²) in [6.45, 7) is 3.90. The third-order valence-electron chi connectivity index (χ3n) is 5.23. The van der Waals surface area contributed by atoms with E-state index >= 15 is 0 Å². The number of hydrogen-bond acceptors (Lipinski definition) is 2. The maximum absolute atomic E-state index is 12.6. The van der Waals surface area contributed by atoms with E-state index in [0.29, 0.717) is 13.0 Å². The van der Waals surface area contributed by atoms with E-state index in [1.54, 1.807) is 0 Å². The third kappa shape index (κ3) is 3.12. The molecule has 1 aliphatic heterocycles. The van der Waals surface area contributed by atoms with E-state index in [0.717, 1.165) is 30.0 Å². The highest BCUT2D eigenvalue weighted by molar-refractivity contribution is 5.96. The van der Waals surface area contributed by atoms with Crippen molar-refractivity contribution in [3.05, 3.63) is 60.4 Å². The average Bonchev–Trinajstić information content (AvgIpc) is 3.23. The maximum atomic E-state index is 12.6. The molecule has 0 bridgehead atoms. The molecule has 26 heavy (non-hydrogen) atoms. The van der Waals surface area contributed by atoms with E-state index in [9.17, 15) is 4.79 Å². The molecule has 1 amide bonds. The summed E-state index contributed by atoms with van der Waals surface area (Å²) in [5.41, 5.74) is 3.20. The fourth-order valence-corrected chi connectivity index (χ4v) is 3.90. The van der Waals surface area contributed by atoms with Gasteiger partial charge in [0.2, 0.25) is 5.91 Å². The predicted molar refractivity (Wildman–Crippen MR) is 105 cm³/mol. The fraction of sp³-hybridized carbons (Fsp3) is 0.364. The molecule has 1 saturated heterocycles. The lowest BCUT2D eigenvalue weighted by Gasteiger charge is -2.17. The Morgan fingerprint density at radius 2 is 1.81 bits per heavy atom. The second-order valence-corrected chi connectivity index (χ2v) is 7.06. The maximum Gasteiger partial charge on any atom is 0.227 e. The van der Waals surface area contributed by atoms with Crippen LogP contribution in [0.15, 0.2) is 54.6 Å². The smallest absolute Gasteiger partial charge is 0.227 e. The van der Waals surface area contributed by atoms with E-state index in [2.05, 4.69) is 29.7 Å². The molecule has 0 saturated carbocycles. The molecule has 1 unspecified atom stereocenters. The summed E-state index contributed by atoms with van der Waals surface area (Å²) in [5, 5.41) is 0. The van der Waals surface area contributed by atoms with Gasteiger partial charge in [0, 0.05) is 31.1 Å². The number of aryl methyl sites for hydroxylation is 1. The molecule has 1 aromatic heterocycles. The molecule has 0 aliphatic carbocycles. The molecule has 2 heterocycles. The van der Waals surface area contributed by atoms with Crippen molar-refractivity contribution >= 4 is 22.6 Å². The first-order valence-electron chi connectivity index (χ1n) is 9.58. The average molecular weight is 347 g/mol. The topological polar surface area (TPSA) is 38.1 Å². The molecular weight excluding hydrogens is 322 g/mol. The second-order valence-electron chi connectivity index (χ2n) is 7.06. The van der Waals surface area contributed by atoms with Gasteiger partial charge in [0.25, 0.3) is 0 Å². The van der Waals surface area contributed by atoms with Crippen LogP contribution in [0.2, 0.25) is 0 Å². The Morgan fingerprint density at radius 1 is 1.04 bits per heavy atom. The molecule has 1 fully saturated rings. The highest BCUT2D eigenvalue weighted by Gasteiger charge is 2.34. The van der Waals surface area contributed by atoms with Crippen LogP contribution in [0.5, 0.6) is 0 Å². The molecule has 1 atom stereocenters. The lowest BCUT2D eigenvalue weighted by atomic mass is 10.1. The van der Waals surface area contributed by atoms with Crippen LogP contribution in [0.3, 0.4) is 0 Å². The number of amides is 1. The van der Waals surface area contributed by atoms with Gasteiger partial charge in [0.15, 0.2) is 0 Å². The van der Waals surface area contributed by atoms with Crippen LogP contribution in [0, 0.1) is 0 Å². The zero-order valence-corrected chi connectivity index (χ0v) is 15.3. The Labute approximate surface area is 154 Å². The highest BCUT2D eigenvalue weighted by Crippen LogP contribution is 2.33. The number of rotatable bonds is 6. The third-order valence-corrected chi connectivity index (χ3v) is 5.23. The number of hydrogen-bond donors (Lipinski definition) is 0. The van der Waals surface area contributed by atoms with Crippen molar-refractivity contribution in [3.63, 3.8) is 0 Å². The lowest BCUT2D eigenvalue weighted by molar-refractivity contribution is -0.117. The summed E-state index contributed by atoms with van der Waals surface area (Å²) >= 11 is 0. The number of unbranched alkanes of at least 4 members (excludes halogenated alkanes) is 2. The number of carbonyl (C=O) groups is 1. The number of benzene rings is 2. The SMILES string of the molecule is CCCCCn1c(C2CC(=O)N(c3ccccc3)C2)nc2ccccc21. The van der Waals surface area contributed by atoms with Crippen LogP contribution < -0.4 is 4.90 Å². The molecule has 0 spiro atoms. The van der Waals surface area contributed by atoms with Crippen LogP contribution in [0.1, 0.15) is 44.3 Å². The number of fused-ring (bicyclic) bond motifs is 1. The summed E-state index contributed by atoms with van der Waals surface area (Å²) in [6, 6.07) is 18.3. The van der Waals surface area contributed by atoms with Crippen LogP contribution in [0.4, 0.5) is 5.69 Å². The van der Waals surface area contributed by atoms with Gasteiger partial charge in [0.05, 0.1) is 11.0 Å². The monoisotopic (exact) mass is 347 g/mol. The first kappa shape index (κ1) is 16.8. The summed E-state index contributed by atoms with van der Waals surface area (Å²) in [6.07, 6.45) is 4.09. The lowest BCUT2D eigenvalue weighted by Crippen LogP contribution is -2.24. The fourth-order valence-electron chi connectivity index (χ4n) is 3.90. The minimum atomic E-state index is 0.150. The number of para-hydroxylation sites is 3. The number of imidazole rings is 1. The largest absolute Gasteiger partial charge is 0.328 e. The Hall–Kier alpha value is -2.62. The van der Waals surface area contributed by atoms with Crippen molar-refractivity contribution in [2.45, 2.75) is 45.1 Å². The normalized spacial score (nSPS) is 17.3. The Morgan fingerprint density at radius 3 is 2.62 bits per heavy atom. The van der Waals surface area contributed by atoms with Crippen LogP contribution >= 0.6 is 0 Å². The van der Waals surface area contributed by atoms with Gasteiger partial charge < -0.3 is 9.47 Å². The van der Waals surface area contributed by atoms with E-state index in [-0.39, 0.29) is 11.8 Å². The second kappa shape index (κ2) is 7.32. The number of nitrogens with zero attached hydrogens (tertiary/aromatic N) is 3. The minimum absolute atomic E-state index is 0.150. The van der Waals surface area contributed by atoms with E-state index in [1.165, 1.54) is 18.4 Å². The molecule has 2 aromatic carbocycles. The van der Waals surface area contributed by atoms with Gasteiger partial charge in [-0.2, -0.15) is 0 Å². The molecule has 1 aliphatic rings. The Kier molecular flexibility index (Phi) is 4.74. The number of carbonyl (C=O) groups excluding carboxylic acids is 1. The minimum Gasteiger partial charge on any atom is -0.328 e. The summed E-state index contributed by atoms with van der Waals surface area (Å²) in [7, 11) is 0. The summed E-state index contributed by atoms with van der Waals surface area (Å²) < 4.78 is 2.34. The van der Waals surface area contributed by atoms with Gasteiger partial charge in [-0.15, -0.1) is 0 Å². The van der Waals surface area contributed by atoms with E-state index in [1.807, 2.05) is 41.3 Å². The number of aromatic nitrogens is 2. The van der Waals surface area contributed by atoms with Crippen molar-refractivity contribution in [1.29, 1.82) is 0 Å². The van der Waals surface area contributed by atoms with Gasteiger partial charge in [0.1, 0.15) is 5.82 Å². The quantitative estimate of drug-likeness (QED) is 0.604. The zero-order chi connectivity index (χ0) is 17.9. The van der Waals surface area contributed by atoms with Gasteiger partial charge in [-0.3, -0.25) is 4.79 Å². The molecular formula is C22H25N3O. The zero-order valence-electron chi connectivity index (χ0n) is 15.3. The molecule has 0 N–H and O–H groups in total. The van der Waals surface area contributed by atoms with E-state index < -0.39 is 0 Å². The van der Waals surface area contributed by atoms with Gasteiger partial charge in [-0.1, -0.05) is 50.1 Å². The van der Waals surface area contributed by atoms with Gasteiger partial charge in [-0.05, 0) is 30.7 Å². The Balaban J connectivity index is 1.66. The van der Waals surface area contributed by atoms with Crippen LogP contribution in [0.25, 0.3) is 11.0 Å². The predicted octanol–water partition coefficient (Wildman–Crippen LogP) is 4.75. The highest BCUT2D eigenvalue weighted by atomic mass is 16.2. The Bertz CT molecular complexity index is 900. The molecule has 4 rings (SSSR count). The molecule has 4 nitrogen and oxygen atoms in total. The van der Waals surface area contributed by atoms with Crippen molar-refractivity contribution in [2.75, 3.05) is 11.4 Å². The first-order chi connectivity index (χ1) is 12.8. The van der Waals surface area contributed by atoms with E-state index in [4.69, 9.17) is 4.98 Å². The first-order valence-corrected chi connectivity index (χ1v) is 9.58. The standard InChI is InChI=1S/C22H25N3O/c1-2-3-9-14-24-20-13-8-7-12-19(20)23-22(24)17-15-21(26)25(16-17)18-10-5-4-6-11-18/h4-8,10-13,17H,2-3,9,14-16H2,1H3. The van der Waals surface area contributed by atoms with Crippen molar-refractivity contribution in [3.8, 4) is 0 Å². The van der Waals surface area contributed by atoms with Crippen molar-refractivity contribution in [2.24, 2.45) is 0 Å². The molecule has 134 valence electrons. The van der Waals surface area contributed by atoms with Crippen LogP contribution in [-0.2, 0) is 11.3 Å². The van der Waals surface area contributed by atoms with Crippen molar-refractivity contribution in [1.82, 2.24) is 9.55 Å². The van der Waals surface area contributed by atoms with Crippen molar-refractivity contribution < 1.29 is 4.79 Å². The molecule has 3 aromatic rings. The molecule has 0 radical (unpaired) electrons. The van der Waals surface area contributed by atoms with Gasteiger partial charge >= 0.3 is 0 Å². The molecule has 4 heteroatoms. The van der Waals surface area contributed by atoms with Crippen LogP contribution in [-0.4, -0.2) is 22.0 Å². The summed E-state index contributed by atoms with van der Waals surface area (Å²) in [5.74, 6) is 1.40.